The lowest BCUT2D eigenvalue weighted by Gasteiger charge is -2.21. The molecule has 0 radical (unpaired) electrons. The third-order valence-corrected chi connectivity index (χ3v) is 3.29. The number of carbonyl (C=O) groups is 2. The molecule has 1 atom stereocenters. The number of nitro groups is 1. The van der Waals surface area contributed by atoms with Crippen molar-refractivity contribution >= 4 is 23.5 Å². The third kappa shape index (κ3) is 4.35. The van der Waals surface area contributed by atoms with Gasteiger partial charge >= 0.3 is 11.9 Å². The quantitative estimate of drug-likeness (QED) is 0.336. The van der Waals surface area contributed by atoms with Gasteiger partial charge in [-0.3, -0.25) is 19.7 Å². The van der Waals surface area contributed by atoms with Crippen LogP contribution in [0.1, 0.15) is 11.5 Å². The van der Waals surface area contributed by atoms with E-state index in [0.717, 1.165) is 26.4 Å². The standard InChI is InChI=1S/C13H12ClF2NO6/c1-22-12(18)11(13(19)23-2)7(5-17(20)21)10-8(15)3-6(14)4-9(10)16/h3-4,7,11H,5H2,1-2H3/t7-/m0/s1. The molecule has 1 aromatic rings. The minimum atomic E-state index is -1.90. The fourth-order valence-corrected chi connectivity index (χ4v) is 2.30. The van der Waals surface area contributed by atoms with Crippen molar-refractivity contribution in [2.75, 3.05) is 20.8 Å². The number of ether oxygens (including phenoxy) is 2. The lowest BCUT2D eigenvalue weighted by molar-refractivity contribution is -0.484. The first-order valence-corrected chi connectivity index (χ1v) is 6.52. The highest BCUT2D eigenvalue weighted by Gasteiger charge is 2.43. The second kappa shape index (κ2) is 7.82. The Morgan fingerprint density at radius 2 is 1.65 bits per heavy atom. The summed E-state index contributed by atoms with van der Waals surface area (Å²) in [5.41, 5.74) is -0.813. The predicted molar refractivity (Wildman–Crippen MR) is 73.5 cm³/mol. The lowest BCUT2D eigenvalue weighted by Crippen LogP contribution is -2.36. The summed E-state index contributed by atoms with van der Waals surface area (Å²) in [4.78, 5) is 33.5. The fourth-order valence-electron chi connectivity index (χ4n) is 2.11. The molecule has 126 valence electrons. The number of hydrogen-bond donors (Lipinski definition) is 0. The van der Waals surface area contributed by atoms with E-state index in [1.54, 1.807) is 0 Å². The van der Waals surface area contributed by atoms with Crippen LogP contribution in [0.3, 0.4) is 0 Å². The van der Waals surface area contributed by atoms with Crippen LogP contribution in [0.15, 0.2) is 12.1 Å². The first kappa shape index (κ1) is 18.8. The lowest BCUT2D eigenvalue weighted by atomic mass is 9.85. The van der Waals surface area contributed by atoms with Gasteiger partial charge in [-0.05, 0) is 12.1 Å². The summed E-state index contributed by atoms with van der Waals surface area (Å²) < 4.78 is 36.9. The number of esters is 2. The molecule has 0 spiro atoms. The van der Waals surface area contributed by atoms with Crippen LogP contribution in [-0.4, -0.2) is 37.6 Å². The fraction of sp³-hybridized carbons (Fsp3) is 0.385. The zero-order valence-electron chi connectivity index (χ0n) is 12.0. The van der Waals surface area contributed by atoms with Crippen molar-refractivity contribution < 1.29 is 32.8 Å². The Morgan fingerprint density at radius 3 is 2.00 bits per heavy atom. The highest BCUT2D eigenvalue weighted by atomic mass is 35.5. The highest BCUT2D eigenvalue weighted by molar-refractivity contribution is 6.30. The maximum atomic E-state index is 14.1. The van der Waals surface area contributed by atoms with E-state index in [9.17, 15) is 28.5 Å². The van der Waals surface area contributed by atoms with Gasteiger partial charge in [0.25, 0.3) is 0 Å². The molecule has 1 aromatic carbocycles. The smallest absolute Gasteiger partial charge is 0.320 e. The van der Waals surface area contributed by atoms with Crippen molar-refractivity contribution in [3.05, 3.63) is 44.5 Å². The van der Waals surface area contributed by atoms with Crippen molar-refractivity contribution in [1.82, 2.24) is 0 Å². The van der Waals surface area contributed by atoms with E-state index >= 15 is 0 Å². The van der Waals surface area contributed by atoms with Crippen molar-refractivity contribution in [2.24, 2.45) is 5.92 Å². The van der Waals surface area contributed by atoms with Crippen LogP contribution in [-0.2, 0) is 19.1 Å². The van der Waals surface area contributed by atoms with Gasteiger partial charge in [0.1, 0.15) is 11.6 Å². The molecule has 0 amide bonds. The number of carbonyl (C=O) groups excluding carboxylic acids is 2. The Kier molecular flexibility index (Phi) is 6.38. The molecule has 0 fully saturated rings. The van der Waals surface area contributed by atoms with Gasteiger partial charge in [0.15, 0.2) is 5.92 Å². The van der Waals surface area contributed by atoms with Crippen LogP contribution in [0, 0.1) is 27.7 Å². The molecule has 0 heterocycles. The van der Waals surface area contributed by atoms with Gasteiger partial charge in [0.05, 0.1) is 20.1 Å². The van der Waals surface area contributed by atoms with Gasteiger partial charge in [-0.25, -0.2) is 8.78 Å². The molecule has 1 rings (SSSR count). The molecule has 0 N–H and O–H groups in total. The molecule has 0 aliphatic heterocycles. The Bertz CT molecular complexity index is 600. The topological polar surface area (TPSA) is 95.7 Å². The van der Waals surface area contributed by atoms with Crippen molar-refractivity contribution in [3.63, 3.8) is 0 Å². The van der Waals surface area contributed by atoms with E-state index in [1.165, 1.54) is 0 Å². The molecule has 0 aliphatic carbocycles. The Labute approximate surface area is 134 Å². The SMILES string of the molecule is COC(=O)C(C(=O)OC)[C@@H](C[N+](=O)[O-])c1c(F)cc(Cl)cc1F. The number of rotatable bonds is 6. The van der Waals surface area contributed by atoms with E-state index in [-0.39, 0.29) is 5.02 Å². The van der Waals surface area contributed by atoms with Gasteiger partial charge in [0, 0.05) is 15.5 Å². The molecule has 0 aliphatic rings. The predicted octanol–water partition coefficient (Wildman–Crippen LogP) is 1.94. The number of halogens is 3. The molecule has 0 aromatic heterocycles. The summed E-state index contributed by atoms with van der Waals surface area (Å²) in [6.45, 7) is -1.09. The first-order valence-electron chi connectivity index (χ1n) is 6.14. The molecular weight excluding hydrogens is 340 g/mol. The van der Waals surface area contributed by atoms with Crippen LogP contribution in [0.2, 0.25) is 5.02 Å². The highest BCUT2D eigenvalue weighted by Crippen LogP contribution is 2.33. The van der Waals surface area contributed by atoms with Crippen molar-refractivity contribution in [1.29, 1.82) is 0 Å². The number of methoxy groups -OCH3 is 2. The molecule has 0 saturated carbocycles. The Morgan fingerprint density at radius 1 is 1.22 bits per heavy atom. The number of hydrogen-bond acceptors (Lipinski definition) is 6. The van der Waals surface area contributed by atoms with Crippen LogP contribution in [0.5, 0.6) is 0 Å². The summed E-state index contributed by atoms with van der Waals surface area (Å²) in [7, 11) is 1.85. The van der Waals surface area contributed by atoms with Crippen LogP contribution in [0.4, 0.5) is 8.78 Å². The second-order valence-corrected chi connectivity index (χ2v) is 4.87. The summed E-state index contributed by atoms with van der Waals surface area (Å²) in [5.74, 6) is -8.53. The number of nitrogens with zero attached hydrogens (tertiary/aromatic N) is 1. The van der Waals surface area contributed by atoms with Crippen LogP contribution >= 0.6 is 11.6 Å². The van der Waals surface area contributed by atoms with E-state index in [4.69, 9.17) is 11.6 Å². The molecule has 7 nitrogen and oxygen atoms in total. The third-order valence-electron chi connectivity index (χ3n) is 3.07. The molecule has 10 heteroatoms. The summed E-state index contributed by atoms with van der Waals surface area (Å²) in [6, 6.07) is 1.44. The maximum Gasteiger partial charge on any atom is 0.320 e. The van der Waals surface area contributed by atoms with Gasteiger partial charge < -0.3 is 9.47 Å². The zero-order valence-corrected chi connectivity index (χ0v) is 12.8. The van der Waals surface area contributed by atoms with Crippen molar-refractivity contribution in [2.45, 2.75) is 5.92 Å². The van der Waals surface area contributed by atoms with Gasteiger partial charge in [0.2, 0.25) is 6.54 Å². The second-order valence-electron chi connectivity index (χ2n) is 4.43. The monoisotopic (exact) mass is 351 g/mol. The largest absolute Gasteiger partial charge is 0.468 e. The summed E-state index contributed by atoms with van der Waals surface area (Å²) >= 11 is 5.49. The normalized spacial score (nSPS) is 11.9. The summed E-state index contributed by atoms with van der Waals surface area (Å²) in [6.07, 6.45) is 0. The van der Waals surface area contributed by atoms with Crippen molar-refractivity contribution in [3.8, 4) is 0 Å². The molecule has 23 heavy (non-hydrogen) atoms. The first-order chi connectivity index (χ1) is 10.7. The Balaban J connectivity index is 3.52. The maximum absolute atomic E-state index is 14.1. The molecular formula is C13H12ClF2NO6. The minimum absolute atomic E-state index is 0.281. The average Bonchev–Trinajstić information content (AvgIpc) is 2.45. The van der Waals surface area contributed by atoms with Gasteiger partial charge in [-0.2, -0.15) is 0 Å². The van der Waals surface area contributed by atoms with E-state index < -0.39 is 52.4 Å². The van der Waals surface area contributed by atoms with Gasteiger partial charge in [-0.1, -0.05) is 11.6 Å². The summed E-state index contributed by atoms with van der Waals surface area (Å²) in [5, 5.41) is 10.5. The van der Waals surface area contributed by atoms with E-state index in [2.05, 4.69) is 9.47 Å². The number of benzene rings is 1. The molecule has 0 unspecified atom stereocenters. The van der Waals surface area contributed by atoms with E-state index in [1.807, 2.05) is 0 Å². The van der Waals surface area contributed by atoms with Gasteiger partial charge in [-0.15, -0.1) is 0 Å². The van der Waals surface area contributed by atoms with E-state index in [0.29, 0.717) is 0 Å². The van der Waals surface area contributed by atoms with Crippen LogP contribution < -0.4 is 0 Å². The van der Waals surface area contributed by atoms with Crippen LogP contribution in [0.25, 0.3) is 0 Å². The zero-order chi connectivity index (χ0) is 17.7. The minimum Gasteiger partial charge on any atom is -0.468 e. The average molecular weight is 352 g/mol. The molecule has 0 saturated heterocycles. The Hall–Kier alpha value is -2.29. The molecule has 0 bridgehead atoms.